The third-order valence-corrected chi connectivity index (χ3v) is 8.05. The van der Waals surface area contributed by atoms with Crippen LogP contribution in [-0.4, -0.2) is 32.2 Å². The molecule has 6 nitrogen and oxygen atoms in total. The number of allylic oxidation sites excluding steroid dienone is 2. The van der Waals surface area contributed by atoms with E-state index in [9.17, 15) is 9.90 Å². The highest BCUT2D eigenvalue weighted by Crippen LogP contribution is 2.55. The summed E-state index contributed by atoms with van der Waals surface area (Å²) in [5.41, 5.74) is 3.36. The van der Waals surface area contributed by atoms with Crippen molar-refractivity contribution in [3.63, 3.8) is 0 Å². The first-order valence-corrected chi connectivity index (χ1v) is 12.5. The number of carbonyl (C=O) groups is 1. The normalized spacial score (nSPS) is 32.4. The average Bonchev–Trinajstić information content (AvgIpc) is 3.28. The minimum atomic E-state index is -0.956. The molecule has 1 amide bonds. The summed E-state index contributed by atoms with van der Waals surface area (Å²) in [4.78, 5) is 20.1. The Bertz CT molecular complexity index is 1150. The predicted molar refractivity (Wildman–Crippen MR) is 134 cm³/mol. The maximum atomic E-state index is 12.9. The smallest absolute Gasteiger partial charge is 0.291 e. The largest absolute Gasteiger partial charge is 0.385 e. The highest BCUT2D eigenvalue weighted by Gasteiger charge is 2.56. The molecule has 2 aliphatic heterocycles. The maximum absolute atomic E-state index is 12.9. The second-order valence-electron chi connectivity index (χ2n) is 12.1. The van der Waals surface area contributed by atoms with Gasteiger partial charge in [-0.05, 0) is 81.6 Å². The number of imidazole rings is 1. The maximum Gasteiger partial charge on any atom is 0.291 e. The molecule has 1 aliphatic carbocycles. The van der Waals surface area contributed by atoms with Crippen molar-refractivity contribution in [2.75, 3.05) is 5.32 Å². The molecular formula is C28H37N3O3. The van der Waals surface area contributed by atoms with Crippen molar-refractivity contribution in [2.45, 2.75) is 96.4 Å². The number of nitrogens with zero attached hydrogens (tertiary/aromatic N) is 1. The first-order valence-electron chi connectivity index (χ1n) is 12.5. The van der Waals surface area contributed by atoms with Gasteiger partial charge in [0, 0.05) is 30.3 Å². The lowest BCUT2D eigenvalue weighted by Crippen LogP contribution is -2.49. The molecule has 0 radical (unpaired) electrons. The molecule has 1 aromatic heterocycles. The Kier molecular flexibility index (Phi) is 5.34. The van der Waals surface area contributed by atoms with E-state index in [4.69, 9.17) is 4.74 Å². The van der Waals surface area contributed by atoms with Crippen molar-refractivity contribution in [1.82, 2.24) is 9.97 Å². The Morgan fingerprint density at radius 2 is 1.82 bits per heavy atom. The number of aryl methyl sites for hydroxylation is 1. The number of aliphatic hydroxyl groups is 1. The van der Waals surface area contributed by atoms with Crippen molar-refractivity contribution < 1.29 is 14.6 Å². The van der Waals surface area contributed by atoms with E-state index in [2.05, 4.69) is 55.1 Å². The predicted octanol–water partition coefficient (Wildman–Crippen LogP) is 5.87. The summed E-state index contributed by atoms with van der Waals surface area (Å²) in [6.07, 6.45) is 10.1. The Morgan fingerprint density at radius 1 is 1.12 bits per heavy atom. The Labute approximate surface area is 202 Å². The van der Waals surface area contributed by atoms with E-state index in [1.807, 2.05) is 19.1 Å². The number of aromatic amines is 1. The number of benzene rings is 1. The summed E-state index contributed by atoms with van der Waals surface area (Å²) in [7, 11) is 0. The SMILES string of the molecule is Cc1c[nH]c(C(=O)Nc2ccc(C3(O)CC4(C)CCC(C)(C3)O4)cc2C2=CCC(C)(C)CC2)n1. The molecule has 0 saturated carbocycles. The zero-order chi connectivity index (χ0) is 24.4. The van der Waals surface area contributed by atoms with Gasteiger partial charge in [-0.25, -0.2) is 4.98 Å². The van der Waals surface area contributed by atoms with Crippen molar-refractivity contribution in [2.24, 2.45) is 5.41 Å². The lowest BCUT2D eigenvalue weighted by Gasteiger charge is -2.46. The van der Waals surface area contributed by atoms with Crippen LogP contribution in [0.1, 0.15) is 100 Å². The van der Waals surface area contributed by atoms with Gasteiger partial charge in [0.2, 0.25) is 0 Å². The molecule has 5 rings (SSSR count). The molecule has 1 aromatic carbocycles. The van der Waals surface area contributed by atoms with Gasteiger partial charge in [-0.3, -0.25) is 4.79 Å². The lowest BCUT2D eigenvalue weighted by atomic mass is 9.74. The highest BCUT2D eigenvalue weighted by molar-refractivity contribution is 6.03. The molecule has 3 N–H and O–H groups in total. The molecule has 2 unspecified atom stereocenters. The number of carbonyl (C=O) groups excluding carboxylic acids is 1. The Morgan fingerprint density at radius 3 is 2.41 bits per heavy atom. The van der Waals surface area contributed by atoms with E-state index in [0.29, 0.717) is 18.7 Å². The molecule has 0 spiro atoms. The van der Waals surface area contributed by atoms with Crippen molar-refractivity contribution >= 4 is 17.2 Å². The molecule has 34 heavy (non-hydrogen) atoms. The molecule has 3 heterocycles. The molecule has 6 heteroatoms. The zero-order valence-corrected chi connectivity index (χ0v) is 21.0. The van der Waals surface area contributed by atoms with Crippen LogP contribution in [0.2, 0.25) is 0 Å². The third kappa shape index (κ3) is 4.34. The van der Waals surface area contributed by atoms with Gasteiger partial charge in [0.1, 0.15) is 0 Å². The topological polar surface area (TPSA) is 87.2 Å². The van der Waals surface area contributed by atoms with Crippen LogP contribution in [-0.2, 0) is 10.3 Å². The van der Waals surface area contributed by atoms with Crippen LogP contribution in [0, 0.1) is 12.3 Å². The Balaban J connectivity index is 1.53. The fourth-order valence-corrected chi connectivity index (χ4v) is 6.22. The van der Waals surface area contributed by atoms with Crippen LogP contribution in [0.4, 0.5) is 5.69 Å². The number of amides is 1. The quantitative estimate of drug-likeness (QED) is 0.529. The molecule has 2 aromatic rings. The molecule has 2 saturated heterocycles. The van der Waals surface area contributed by atoms with Crippen molar-refractivity contribution in [3.05, 3.63) is 53.1 Å². The monoisotopic (exact) mass is 463 g/mol. The number of H-pyrrole nitrogens is 1. The summed E-state index contributed by atoms with van der Waals surface area (Å²) in [6, 6.07) is 6.01. The number of anilines is 1. The first-order chi connectivity index (χ1) is 15.9. The average molecular weight is 464 g/mol. The molecule has 2 atom stereocenters. The van der Waals surface area contributed by atoms with Crippen molar-refractivity contribution in [3.8, 4) is 0 Å². The van der Waals surface area contributed by atoms with Gasteiger partial charge in [0.15, 0.2) is 5.82 Å². The van der Waals surface area contributed by atoms with Gasteiger partial charge in [0.25, 0.3) is 5.91 Å². The van der Waals surface area contributed by atoms with Gasteiger partial charge in [-0.15, -0.1) is 0 Å². The number of fused-ring (bicyclic) bond motifs is 2. The highest BCUT2D eigenvalue weighted by atomic mass is 16.5. The minimum absolute atomic E-state index is 0.262. The van der Waals surface area contributed by atoms with Crippen molar-refractivity contribution in [1.29, 1.82) is 0 Å². The van der Waals surface area contributed by atoms with E-state index >= 15 is 0 Å². The molecular weight excluding hydrogens is 426 g/mol. The second-order valence-corrected chi connectivity index (χ2v) is 12.1. The number of nitrogens with one attached hydrogen (secondary N) is 2. The first kappa shape index (κ1) is 23.3. The number of aromatic nitrogens is 2. The van der Waals surface area contributed by atoms with Crippen LogP contribution in [0.15, 0.2) is 30.5 Å². The standard InChI is InChI=1S/C28H37N3O3/c1-18-15-29-23(30-18)24(32)31-22-7-6-20(14-21(22)19-8-10-25(2,3)11-9-19)28(33)16-26(4)12-13-27(5,17-28)34-26/h6-8,14-15,33H,9-13,16-17H2,1-5H3,(H,29,30)(H,31,32). The summed E-state index contributed by atoms with van der Waals surface area (Å²) in [5.74, 6) is 0.0356. The Hall–Kier alpha value is -2.44. The van der Waals surface area contributed by atoms with Gasteiger partial charge in [-0.1, -0.05) is 26.0 Å². The number of hydrogen-bond acceptors (Lipinski definition) is 4. The van der Waals surface area contributed by atoms with Gasteiger partial charge < -0.3 is 20.1 Å². The van der Waals surface area contributed by atoms with E-state index in [1.165, 1.54) is 5.57 Å². The second kappa shape index (κ2) is 7.79. The molecule has 182 valence electrons. The van der Waals surface area contributed by atoms with Crippen LogP contribution >= 0.6 is 0 Å². The van der Waals surface area contributed by atoms with E-state index in [1.54, 1.807) is 6.20 Å². The fraction of sp³-hybridized carbons (Fsp3) is 0.571. The lowest BCUT2D eigenvalue weighted by molar-refractivity contribution is -0.197. The van der Waals surface area contributed by atoms with Crippen LogP contribution in [0.3, 0.4) is 0 Å². The molecule has 2 fully saturated rings. The summed E-state index contributed by atoms with van der Waals surface area (Å²) in [6.45, 7) is 10.7. The van der Waals surface area contributed by atoms with E-state index < -0.39 is 5.60 Å². The van der Waals surface area contributed by atoms with E-state index in [-0.39, 0.29) is 22.5 Å². The zero-order valence-electron chi connectivity index (χ0n) is 21.0. The molecule has 2 bridgehead atoms. The summed E-state index contributed by atoms with van der Waals surface area (Å²) in [5, 5.41) is 15.0. The summed E-state index contributed by atoms with van der Waals surface area (Å²) >= 11 is 0. The number of rotatable bonds is 4. The number of ether oxygens (including phenoxy) is 1. The fourth-order valence-electron chi connectivity index (χ4n) is 6.22. The van der Waals surface area contributed by atoms with Gasteiger partial charge in [0.05, 0.1) is 22.5 Å². The van der Waals surface area contributed by atoms with E-state index in [0.717, 1.165) is 54.6 Å². The van der Waals surface area contributed by atoms with Gasteiger partial charge >= 0.3 is 0 Å². The third-order valence-electron chi connectivity index (χ3n) is 8.05. The summed E-state index contributed by atoms with van der Waals surface area (Å²) < 4.78 is 6.35. The number of hydrogen-bond donors (Lipinski definition) is 3. The molecule has 3 aliphatic rings. The van der Waals surface area contributed by atoms with Crippen LogP contribution in [0.25, 0.3) is 5.57 Å². The van der Waals surface area contributed by atoms with Gasteiger partial charge in [-0.2, -0.15) is 0 Å². The van der Waals surface area contributed by atoms with Crippen LogP contribution in [0.5, 0.6) is 0 Å². The van der Waals surface area contributed by atoms with Crippen LogP contribution < -0.4 is 5.32 Å². The minimum Gasteiger partial charge on any atom is -0.385 e.